The summed E-state index contributed by atoms with van der Waals surface area (Å²) in [6.07, 6.45) is 5.25. The van der Waals surface area contributed by atoms with Gasteiger partial charge in [0.25, 0.3) is 0 Å². The topological polar surface area (TPSA) is 20.3 Å². The monoisotopic (exact) mass is 229 g/mol. The smallest absolute Gasteiger partial charge is 0.136 e. The molecule has 0 atom stereocenters. The summed E-state index contributed by atoms with van der Waals surface area (Å²) in [7, 11) is 0. The third-order valence-electron chi connectivity index (χ3n) is 4.36. The number of likely N-dealkylation sites (tertiary alicyclic amines) is 1. The Labute approximate surface area is 103 Å². The van der Waals surface area contributed by atoms with Gasteiger partial charge in [-0.15, -0.1) is 0 Å². The van der Waals surface area contributed by atoms with E-state index in [1.165, 1.54) is 24.8 Å². The Morgan fingerprint density at radius 1 is 1.18 bits per heavy atom. The maximum Gasteiger partial charge on any atom is 0.136 e. The molecule has 0 N–H and O–H groups in total. The van der Waals surface area contributed by atoms with E-state index in [1.54, 1.807) is 0 Å². The fourth-order valence-corrected chi connectivity index (χ4v) is 3.19. The Morgan fingerprint density at radius 3 is 2.59 bits per heavy atom. The average molecular weight is 229 g/mol. The molecule has 0 unspecified atom stereocenters. The first kappa shape index (κ1) is 11.0. The number of rotatable bonds is 2. The molecule has 2 heteroatoms. The molecule has 1 aromatic rings. The standard InChI is InChI=1S/C15H19NO/c17-14-7-10-16(15(11-14)8-4-9-15)12-13-5-2-1-3-6-13/h1-3,5-6H,4,7-12H2. The van der Waals surface area contributed by atoms with Crippen LogP contribution in [0.3, 0.4) is 0 Å². The van der Waals surface area contributed by atoms with Gasteiger partial charge in [-0.25, -0.2) is 0 Å². The molecule has 2 aliphatic rings. The van der Waals surface area contributed by atoms with Crippen molar-refractivity contribution in [3.63, 3.8) is 0 Å². The summed E-state index contributed by atoms with van der Waals surface area (Å²) in [5.41, 5.74) is 1.60. The van der Waals surface area contributed by atoms with E-state index in [-0.39, 0.29) is 5.54 Å². The molecule has 2 fully saturated rings. The molecule has 1 spiro atoms. The molecule has 0 bridgehead atoms. The number of piperidine rings is 1. The molecule has 2 nitrogen and oxygen atoms in total. The minimum absolute atomic E-state index is 0.227. The van der Waals surface area contributed by atoms with Crippen LogP contribution in [0.4, 0.5) is 0 Å². The second-order valence-corrected chi connectivity index (χ2v) is 5.45. The molecular formula is C15H19NO. The summed E-state index contributed by atoms with van der Waals surface area (Å²) >= 11 is 0. The van der Waals surface area contributed by atoms with E-state index in [9.17, 15) is 4.79 Å². The highest BCUT2D eigenvalue weighted by Gasteiger charge is 2.45. The number of ketones is 1. The molecule has 1 aliphatic heterocycles. The van der Waals surface area contributed by atoms with Crippen LogP contribution in [-0.4, -0.2) is 22.8 Å². The predicted octanol–water partition coefficient (Wildman–Crippen LogP) is 2.77. The summed E-state index contributed by atoms with van der Waals surface area (Å²) < 4.78 is 0. The quantitative estimate of drug-likeness (QED) is 0.777. The van der Waals surface area contributed by atoms with Gasteiger partial charge in [-0.3, -0.25) is 9.69 Å². The Hall–Kier alpha value is -1.15. The molecule has 90 valence electrons. The van der Waals surface area contributed by atoms with Crippen molar-refractivity contribution in [3.8, 4) is 0 Å². The molecule has 0 aromatic heterocycles. The summed E-state index contributed by atoms with van der Waals surface area (Å²) in [5, 5.41) is 0. The van der Waals surface area contributed by atoms with Crippen LogP contribution in [0.5, 0.6) is 0 Å². The number of nitrogens with zero attached hydrogens (tertiary/aromatic N) is 1. The van der Waals surface area contributed by atoms with Crippen molar-refractivity contribution in [2.75, 3.05) is 6.54 Å². The van der Waals surface area contributed by atoms with Crippen LogP contribution < -0.4 is 0 Å². The van der Waals surface area contributed by atoms with E-state index in [0.717, 1.165) is 25.9 Å². The largest absolute Gasteiger partial charge is 0.300 e. The highest BCUT2D eigenvalue weighted by Crippen LogP contribution is 2.43. The minimum atomic E-state index is 0.227. The minimum Gasteiger partial charge on any atom is -0.300 e. The van der Waals surface area contributed by atoms with Gasteiger partial charge in [-0.05, 0) is 24.8 Å². The number of carbonyl (C=O) groups excluding carboxylic acids is 1. The van der Waals surface area contributed by atoms with Crippen molar-refractivity contribution in [2.24, 2.45) is 0 Å². The van der Waals surface area contributed by atoms with Crippen LogP contribution in [0.25, 0.3) is 0 Å². The molecule has 1 aromatic carbocycles. The zero-order chi connectivity index (χ0) is 11.7. The Bertz CT molecular complexity index is 408. The zero-order valence-corrected chi connectivity index (χ0v) is 10.2. The van der Waals surface area contributed by atoms with E-state index < -0.39 is 0 Å². The first-order chi connectivity index (χ1) is 8.28. The number of benzene rings is 1. The lowest BCUT2D eigenvalue weighted by Gasteiger charge is -2.52. The van der Waals surface area contributed by atoms with Crippen LogP contribution in [0, 0.1) is 0 Å². The third kappa shape index (κ3) is 2.02. The van der Waals surface area contributed by atoms with E-state index in [2.05, 4.69) is 35.2 Å². The van der Waals surface area contributed by atoms with Crippen molar-refractivity contribution in [2.45, 2.75) is 44.2 Å². The molecule has 1 aliphatic carbocycles. The molecular weight excluding hydrogens is 210 g/mol. The van der Waals surface area contributed by atoms with Crippen molar-refractivity contribution in [1.29, 1.82) is 0 Å². The van der Waals surface area contributed by atoms with Gasteiger partial charge in [0.05, 0.1) is 0 Å². The molecule has 3 rings (SSSR count). The van der Waals surface area contributed by atoms with E-state index in [4.69, 9.17) is 0 Å². The van der Waals surface area contributed by atoms with Gasteiger partial charge in [-0.2, -0.15) is 0 Å². The van der Waals surface area contributed by atoms with Gasteiger partial charge in [0.15, 0.2) is 0 Å². The van der Waals surface area contributed by atoms with Crippen molar-refractivity contribution in [1.82, 2.24) is 4.90 Å². The lowest BCUT2D eigenvalue weighted by molar-refractivity contribution is -0.131. The lowest BCUT2D eigenvalue weighted by Crippen LogP contribution is -2.57. The van der Waals surface area contributed by atoms with Gasteiger partial charge in [0.2, 0.25) is 0 Å². The highest BCUT2D eigenvalue weighted by atomic mass is 16.1. The average Bonchev–Trinajstić information content (AvgIpc) is 2.31. The highest BCUT2D eigenvalue weighted by molar-refractivity contribution is 5.81. The molecule has 0 radical (unpaired) electrons. The molecule has 1 saturated carbocycles. The second kappa shape index (κ2) is 4.26. The third-order valence-corrected chi connectivity index (χ3v) is 4.36. The Balaban J connectivity index is 1.75. The van der Waals surface area contributed by atoms with Gasteiger partial charge in [0.1, 0.15) is 5.78 Å². The van der Waals surface area contributed by atoms with E-state index in [1.807, 2.05) is 0 Å². The first-order valence-corrected chi connectivity index (χ1v) is 6.59. The molecule has 1 saturated heterocycles. The van der Waals surface area contributed by atoms with Gasteiger partial charge >= 0.3 is 0 Å². The van der Waals surface area contributed by atoms with Crippen molar-refractivity contribution < 1.29 is 4.79 Å². The van der Waals surface area contributed by atoms with Gasteiger partial charge in [0, 0.05) is 31.5 Å². The maximum absolute atomic E-state index is 11.6. The molecule has 1 heterocycles. The van der Waals surface area contributed by atoms with Gasteiger partial charge < -0.3 is 0 Å². The Kier molecular flexibility index (Phi) is 2.75. The molecule has 0 amide bonds. The fraction of sp³-hybridized carbons (Fsp3) is 0.533. The van der Waals surface area contributed by atoms with Gasteiger partial charge in [-0.1, -0.05) is 30.3 Å². The number of Topliss-reactive ketones (excluding diaryl/α,β-unsaturated/α-hetero) is 1. The van der Waals surface area contributed by atoms with Crippen molar-refractivity contribution >= 4 is 5.78 Å². The second-order valence-electron chi connectivity index (χ2n) is 5.45. The van der Waals surface area contributed by atoms with E-state index >= 15 is 0 Å². The normalized spacial score (nSPS) is 23.6. The first-order valence-electron chi connectivity index (χ1n) is 6.59. The summed E-state index contributed by atoms with van der Waals surface area (Å²) in [5.74, 6) is 0.467. The number of hydrogen-bond donors (Lipinski definition) is 0. The van der Waals surface area contributed by atoms with Crippen LogP contribution in [0.1, 0.15) is 37.7 Å². The summed E-state index contributed by atoms with van der Waals surface area (Å²) in [6, 6.07) is 10.6. The molecule has 17 heavy (non-hydrogen) atoms. The van der Waals surface area contributed by atoms with E-state index in [0.29, 0.717) is 5.78 Å². The van der Waals surface area contributed by atoms with Crippen LogP contribution in [0.2, 0.25) is 0 Å². The van der Waals surface area contributed by atoms with Crippen LogP contribution >= 0.6 is 0 Å². The van der Waals surface area contributed by atoms with Crippen molar-refractivity contribution in [3.05, 3.63) is 35.9 Å². The maximum atomic E-state index is 11.6. The zero-order valence-electron chi connectivity index (χ0n) is 10.2. The Morgan fingerprint density at radius 2 is 1.94 bits per heavy atom. The predicted molar refractivity (Wildman–Crippen MR) is 67.7 cm³/mol. The van der Waals surface area contributed by atoms with Crippen LogP contribution in [0.15, 0.2) is 30.3 Å². The number of carbonyl (C=O) groups is 1. The van der Waals surface area contributed by atoms with Crippen LogP contribution in [-0.2, 0) is 11.3 Å². The summed E-state index contributed by atoms with van der Waals surface area (Å²) in [4.78, 5) is 14.2. The number of hydrogen-bond acceptors (Lipinski definition) is 2. The lowest BCUT2D eigenvalue weighted by atomic mass is 9.69. The summed E-state index contributed by atoms with van der Waals surface area (Å²) in [6.45, 7) is 1.96. The SMILES string of the molecule is O=C1CCN(Cc2ccccc2)C2(CCC2)C1. The fourth-order valence-electron chi connectivity index (χ4n) is 3.19.